The van der Waals surface area contributed by atoms with Gasteiger partial charge in [-0.15, -0.1) is 0 Å². The number of rotatable bonds is 5. The second-order valence-electron chi connectivity index (χ2n) is 5.32. The predicted molar refractivity (Wildman–Crippen MR) is 76.1 cm³/mol. The molecule has 1 aliphatic heterocycles. The number of carbonyl (C=O) groups is 2. The first-order valence-electron chi connectivity index (χ1n) is 7.12. The molecule has 114 valence electrons. The highest BCUT2D eigenvalue weighted by molar-refractivity contribution is 5.93. The first kappa shape index (κ1) is 15.4. The lowest BCUT2D eigenvalue weighted by molar-refractivity contribution is -0.139. The van der Waals surface area contributed by atoms with Crippen molar-refractivity contribution in [1.29, 1.82) is 0 Å². The van der Waals surface area contributed by atoms with Crippen LogP contribution in [0.2, 0.25) is 0 Å². The zero-order valence-corrected chi connectivity index (χ0v) is 12.1. The Hall–Kier alpha value is -1.95. The first-order valence-corrected chi connectivity index (χ1v) is 7.12. The Morgan fingerprint density at radius 3 is 2.76 bits per heavy atom. The second kappa shape index (κ2) is 6.67. The molecule has 1 aromatic heterocycles. The van der Waals surface area contributed by atoms with Crippen molar-refractivity contribution < 1.29 is 19.4 Å². The number of carboxylic acids is 1. The molecule has 1 fully saturated rings. The van der Waals surface area contributed by atoms with Crippen molar-refractivity contribution in [2.75, 3.05) is 13.2 Å². The van der Waals surface area contributed by atoms with Crippen LogP contribution in [0.3, 0.4) is 0 Å². The van der Waals surface area contributed by atoms with Crippen molar-refractivity contribution in [3.8, 4) is 0 Å². The molecular formula is C15H20N2O4. The van der Waals surface area contributed by atoms with Crippen LogP contribution in [0.4, 0.5) is 0 Å². The Balaban J connectivity index is 2.15. The Morgan fingerprint density at radius 2 is 2.14 bits per heavy atom. The minimum absolute atomic E-state index is 0.102. The maximum absolute atomic E-state index is 12.4. The number of aromatic nitrogens is 1. The zero-order valence-electron chi connectivity index (χ0n) is 12.1. The quantitative estimate of drug-likeness (QED) is 0.856. The van der Waals surface area contributed by atoms with Crippen molar-refractivity contribution in [3.63, 3.8) is 0 Å². The van der Waals surface area contributed by atoms with Gasteiger partial charge in [-0.2, -0.15) is 0 Å². The van der Waals surface area contributed by atoms with E-state index in [9.17, 15) is 9.59 Å². The summed E-state index contributed by atoms with van der Waals surface area (Å²) < 4.78 is 5.27. The number of aliphatic carboxylic acids is 1. The van der Waals surface area contributed by atoms with Crippen molar-refractivity contribution in [2.45, 2.75) is 38.1 Å². The lowest BCUT2D eigenvalue weighted by Crippen LogP contribution is -2.53. The normalized spacial score (nSPS) is 17.2. The van der Waals surface area contributed by atoms with Crippen molar-refractivity contribution in [3.05, 3.63) is 29.6 Å². The molecule has 6 heteroatoms. The highest BCUT2D eigenvalue weighted by Gasteiger charge is 2.36. The van der Waals surface area contributed by atoms with Crippen LogP contribution in [0.1, 0.15) is 42.2 Å². The van der Waals surface area contributed by atoms with Gasteiger partial charge in [0, 0.05) is 19.4 Å². The summed E-state index contributed by atoms with van der Waals surface area (Å²) in [5, 5.41) is 12.0. The molecule has 1 aromatic rings. The van der Waals surface area contributed by atoms with Gasteiger partial charge in [0.05, 0.1) is 12.0 Å². The smallest absolute Gasteiger partial charge is 0.305 e. The van der Waals surface area contributed by atoms with E-state index in [1.54, 1.807) is 12.3 Å². The fraction of sp³-hybridized carbons (Fsp3) is 0.533. The largest absolute Gasteiger partial charge is 0.481 e. The summed E-state index contributed by atoms with van der Waals surface area (Å²) in [6.07, 6.45) is 3.31. The summed E-state index contributed by atoms with van der Waals surface area (Å²) in [5.74, 6) is -1.25. The van der Waals surface area contributed by atoms with E-state index in [4.69, 9.17) is 9.84 Å². The second-order valence-corrected chi connectivity index (χ2v) is 5.32. The molecule has 1 aliphatic rings. The molecule has 6 nitrogen and oxygen atoms in total. The summed E-state index contributed by atoms with van der Waals surface area (Å²) in [5.41, 5.74) is 0.602. The van der Waals surface area contributed by atoms with Crippen LogP contribution < -0.4 is 5.32 Å². The molecule has 0 aliphatic carbocycles. The van der Waals surface area contributed by atoms with Gasteiger partial charge in [0.1, 0.15) is 5.69 Å². The lowest BCUT2D eigenvalue weighted by Gasteiger charge is -2.36. The molecule has 0 radical (unpaired) electrons. The molecule has 2 rings (SSSR count). The van der Waals surface area contributed by atoms with Crippen LogP contribution in [0.25, 0.3) is 0 Å². The third kappa shape index (κ3) is 4.01. The third-order valence-electron chi connectivity index (χ3n) is 3.78. The third-order valence-corrected chi connectivity index (χ3v) is 3.78. The van der Waals surface area contributed by atoms with E-state index in [2.05, 4.69) is 10.3 Å². The number of hydrogen-bond acceptors (Lipinski definition) is 4. The molecule has 0 spiro atoms. The topological polar surface area (TPSA) is 88.5 Å². The Labute approximate surface area is 123 Å². The van der Waals surface area contributed by atoms with Crippen LogP contribution >= 0.6 is 0 Å². The van der Waals surface area contributed by atoms with Crippen LogP contribution in [0.15, 0.2) is 18.3 Å². The maximum atomic E-state index is 12.4. The van der Waals surface area contributed by atoms with Gasteiger partial charge in [-0.05, 0) is 37.0 Å². The fourth-order valence-electron chi connectivity index (χ4n) is 2.52. The predicted octanol–water partition coefficient (Wildman–Crippen LogP) is 1.40. The molecule has 0 bridgehead atoms. The van der Waals surface area contributed by atoms with Crippen LogP contribution in [0, 0.1) is 0 Å². The first-order chi connectivity index (χ1) is 10.0. The highest BCUT2D eigenvalue weighted by Crippen LogP contribution is 2.25. The van der Waals surface area contributed by atoms with Gasteiger partial charge >= 0.3 is 5.97 Å². The number of nitrogens with zero attached hydrogens (tertiary/aromatic N) is 1. The molecule has 0 aromatic carbocycles. The highest BCUT2D eigenvalue weighted by atomic mass is 16.5. The van der Waals surface area contributed by atoms with E-state index in [0.29, 0.717) is 31.7 Å². The lowest BCUT2D eigenvalue weighted by atomic mass is 9.86. The average Bonchev–Trinajstić information content (AvgIpc) is 2.47. The molecule has 0 unspecified atom stereocenters. The van der Waals surface area contributed by atoms with E-state index in [1.165, 1.54) is 0 Å². The summed E-state index contributed by atoms with van der Waals surface area (Å²) in [6.45, 7) is 2.91. The van der Waals surface area contributed by atoms with Crippen molar-refractivity contribution >= 4 is 11.9 Å². The maximum Gasteiger partial charge on any atom is 0.305 e. The van der Waals surface area contributed by atoms with Gasteiger partial charge in [-0.3, -0.25) is 14.6 Å². The average molecular weight is 292 g/mol. The molecular weight excluding hydrogens is 272 g/mol. The number of amides is 1. The Morgan fingerprint density at radius 1 is 1.43 bits per heavy atom. The standard InChI is InChI=1S/C15H20N2O4/c1-2-11-3-6-16-12(9-11)14(20)17-15(10-13(18)19)4-7-21-8-5-15/h3,6,9H,2,4-5,7-8,10H2,1H3,(H,17,20)(H,18,19). The van der Waals surface area contributed by atoms with E-state index < -0.39 is 11.5 Å². The van der Waals surface area contributed by atoms with Gasteiger partial charge < -0.3 is 15.2 Å². The summed E-state index contributed by atoms with van der Waals surface area (Å²) in [6, 6.07) is 3.60. The number of ether oxygens (including phenoxy) is 1. The number of hydrogen-bond donors (Lipinski definition) is 2. The van der Waals surface area contributed by atoms with Crippen molar-refractivity contribution in [2.24, 2.45) is 0 Å². The molecule has 0 saturated carbocycles. The van der Waals surface area contributed by atoms with Gasteiger partial charge in [0.2, 0.25) is 0 Å². The van der Waals surface area contributed by atoms with Crippen LogP contribution in [-0.2, 0) is 16.0 Å². The number of carboxylic acid groups (broad SMARTS) is 1. The summed E-state index contributed by atoms with van der Waals surface area (Å²) in [4.78, 5) is 27.5. The summed E-state index contributed by atoms with van der Waals surface area (Å²) in [7, 11) is 0. The Kier molecular flexibility index (Phi) is 4.90. The van der Waals surface area contributed by atoms with Crippen molar-refractivity contribution in [1.82, 2.24) is 10.3 Å². The minimum Gasteiger partial charge on any atom is -0.481 e. The molecule has 1 saturated heterocycles. The molecule has 2 N–H and O–H groups in total. The molecule has 0 atom stereocenters. The minimum atomic E-state index is -0.924. The van der Waals surface area contributed by atoms with E-state index in [1.807, 2.05) is 13.0 Å². The number of pyridine rings is 1. The number of carbonyl (C=O) groups excluding carboxylic acids is 1. The van der Waals surface area contributed by atoms with Gasteiger partial charge in [0.25, 0.3) is 5.91 Å². The number of aryl methyl sites for hydroxylation is 1. The summed E-state index contributed by atoms with van der Waals surface area (Å²) >= 11 is 0. The van der Waals surface area contributed by atoms with E-state index in [-0.39, 0.29) is 12.3 Å². The zero-order chi connectivity index (χ0) is 15.3. The SMILES string of the molecule is CCc1ccnc(C(=O)NC2(CC(=O)O)CCOCC2)c1. The molecule has 2 heterocycles. The molecule has 1 amide bonds. The Bertz CT molecular complexity index is 524. The van der Waals surface area contributed by atoms with Crippen LogP contribution in [-0.4, -0.2) is 40.7 Å². The fourth-order valence-corrected chi connectivity index (χ4v) is 2.52. The molecule has 21 heavy (non-hydrogen) atoms. The number of nitrogens with one attached hydrogen (secondary N) is 1. The van der Waals surface area contributed by atoms with Gasteiger partial charge in [0.15, 0.2) is 0 Å². The van der Waals surface area contributed by atoms with E-state index >= 15 is 0 Å². The van der Waals surface area contributed by atoms with Gasteiger partial charge in [-0.25, -0.2) is 0 Å². The van der Waals surface area contributed by atoms with E-state index in [0.717, 1.165) is 12.0 Å². The van der Waals surface area contributed by atoms with Gasteiger partial charge in [-0.1, -0.05) is 6.92 Å². The van der Waals surface area contributed by atoms with Crippen LogP contribution in [0.5, 0.6) is 0 Å². The monoisotopic (exact) mass is 292 g/mol.